The summed E-state index contributed by atoms with van der Waals surface area (Å²) in [4.78, 5) is 14.2. The fraction of sp³-hybridized carbons (Fsp3) is 0.174. The predicted octanol–water partition coefficient (Wildman–Crippen LogP) is 5.13. The van der Waals surface area contributed by atoms with Gasteiger partial charge in [-0.05, 0) is 29.8 Å². The van der Waals surface area contributed by atoms with Gasteiger partial charge in [0.15, 0.2) is 10.9 Å². The zero-order chi connectivity index (χ0) is 22.5. The normalized spacial score (nSPS) is 11.0. The first-order valence-electron chi connectivity index (χ1n) is 9.83. The van der Waals surface area contributed by atoms with Crippen LogP contribution in [0.3, 0.4) is 0 Å². The minimum absolute atomic E-state index is 0.0826. The maximum Gasteiger partial charge on any atom is 0.233 e. The van der Waals surface area contributed by atoms with Gasteiger partial charge < -0.3 is 9.32 Å². The summed E-state index contributed by atoms with van der Waals surface area (Å²) in [7, 11) is 1.62. The lowest BCUT2D eigenvalue weighted by Gasteiger charge is -2.18. The molecule has 9 heteroatoms. The van der Waals surface area contributed by atoms with Gasteiger partial charge in [0.25, 0.3) is 0 Å². The van der Waals surface area contributed by atoms with Crippen molar-refractivity contribution in [1.82, 2.24) is 19.7 Å². The fourth-order valence-electron chi connectivity index (χ4n) is 3.14. The van der Waals surface area contributed by atoms with E-state index in [9.17, 15) is 9.18 Å². The molecule has 2 heterocycles. The summed E-state index contributed by atoms with van der Waals surface area (Å²) in [6.45, 7) is 0.611. The Morgan fingerprint density at radius 2 is 1.94 bits per heavy atom. The van der Waals surface area contributed by atoms with Crippen LogP contribution in [0, 0.1) is 5.82 Å². The molecule has 2 aromatic heterocycles. The van der Waals surface area contributed by atoms with E-state index in [1.807, 2.05) is 41.0 Å². The van der Waals surface area contributed by atoms with E-state index in [2.05, 4.69) is 10.2 Å². The molecule has 0 unspecified atom stereocenters. The maximum atomic E-state index is 14.1. The SMILES string of the molecule is CN(Cc1c(F)cccc1Cl)C(=O)CSc1nnc(-c2ccco2)n1Cc1ccccc1. The van der Waals surface area contributed by atoms with Crippen LogP contribution in [-0.4, -0.2) is 38.4 Å². The van der Waals surface area contributed by atoms with Crippen LogP contribution in [0.1, 0.15) is 11.1 Å². The highest BCUT2D eigenvalue weighted by Crippen LogP contribution is 2.26. The molecule has 0 atom stereocenters. The van der Waals surface area contributed by atoms with Crippen LogP contribution >= 0.6 is 23.4 Å². The standard InChI is InChI=1S/C23H20ClFN4O2S/c1-28(14-17-18(24)9-5-10-19(17)25)21(30)15-32-23-27-26-22(20-11-6-12-31-20)29(23)13-16-7-3-2-4-8-16/h2-12H,13-15H2,1H3. The number of halogens is 2. The van der Waals surface area contributed by atoms with Gasteiger partial charge >= 0.3 is 0 Å². The van der Waals surface area contributed by atoms with Gasteiger partial charge in [-0.15, -0.1) is 10.2 Å². The van der Waals surface area contributed by atoms with Crippen molar-refractivity contribution in [3.8, 4) is 11.6 Å². The number of nitrogens with zero attached hydrogens (tertiary/aromatic N) is 4. The Kier molecular flexibility index (Phi) is 6.92. The topological polar surface area (TPSA) is 64.2 Å². The Hall–Kier alpha value is -3.10. The highest BCUT2D eigenvalue weighted by atomic mass is 35.5. The Labute approximate surface area is 194 Å². The van der Waals surface area contributed by atoms with E-state index in [4.69, 9.17) is 16.0 Å². The number of hydrogen-bond acceptors (Lipinski definition) is 5. The molecule has 32 heavy (non-hydrogen) atoms. The van der Waals surface area contributed by atoms with Gasteiger partial charge in [-0.3, -0.25) is 9.36 Å². The van der Waals surface area contributed by atoms with E-state index in [1.54, 1.807) is 25.4 Å². The Balaban J connectivity index is 1.49. The molecule has 1 amide bonds. The average molecular weight is 471 g/mol. The number of amides is 1. The summed E-state index contributed by atoms with van der Waals surface area (Å²) < 4.78 is 21.5. The molecule has 6 nitrogen and oxygen atoms in total. The van der Waals surface area contributed by atoms with Gasteiger partial charge in [-0.1, -0.05) is 59.8 Å². The third-order valence-corrected chi connectivity index (χ3v) is 6.16. The molecule has 164 valence electrons. The quantitative estimate of drug-likeness (QED) is 0.334. The first-order chi connectivity index (χ1) is 15.5. The highest BCUT2D eigenvalue weighted by Gasteiger charge is 2.20. The van der Waals surface area contributed by atoms with Crippen molar-refractivity contribution in [3.05, 3.63) is 88.9 Å². The van der Waals surface area contributed by atoms with Crippen molar-refractivity contribution in [2.75, 3.05) is 12.8 Å². The summed E-state index contributed by atoms with van der Waals surface area (Å²) >= 11 is 7.36. The van der Waals surface area contributed by atoms with Crippen LogP contribution in [-0.2, 0) is 17.9 Å². The molecule has 0 spiro atoms. The molecule has 4 aromatic rings. The summed E-state index contributed by atoms with van der Waals surface area (Å²) in [6, 6.07) is 18.0. The van der Waals surface area contributed by atoms with Crippen LogP contribution in [0.15, 0.2) is 76.5 Å². The molecular weight excluding hydrogens is 451 g/mol. The van der Waals surface area contributed by atoms with Crippen LogP contribution < -0.4 is 0 Å². The lowest BCUT2D eigenvalue weighted by molar-refractivity contribution is -0.127. The van der Waals surface area contributed by atoms with E-state index in [-0.39, 0.29) is 18.2 Å². The van der Waals surface area contributed by atoms with Crippen molar-refractivity contribution in [3.63, 3.8) is 0 Å². The first-order valence-corrected chi connectivity index (χ1v) is 11.2. The largest absolute Gasteiger partial charge is 0.461 e. The van der Waals surface area contributed by atoms with E-state index >= 15 is 0 Å². The number of hydrogen-bond donors (Lipinski definition) is 0. The molecule has 0 fully saturated rings. The number of furan rings is 1. The summed E-state index contributed by atoms with van der Waals surface area (Å²) in [6.07, 6.45) is 1.58. The number of benzene rings is 2. The summed E-state index contributed by atoms with van der Waals surface area (Å²) in [5.74, 6) is 0.685. The van der Waals surface area contributed by atoms with Crippen LogP contribution in [0.4, 0.5) is 4.39 Å². The minimum atomic E-state index is -0.435. The maximum absolute atomic E-state index is 14.1. The van der Waals surface area contributed by atoms with E-state index < -0.39 is 5.82 Å². The predicted molar refractivity (Wildman–Crippen MR) is 122 cm³/mol. The van der Waals surface area contributed by atoms with Crippen molar-refractivity contribution in [2.45, 2.75) is 18.2 Å². The third kappa shape index (κ3) is 5.03. The number of carbonyl (C=O) groups is 1. The summed E-state index contributed by atoms with van der Waals surface area (Å²) in [5.41, 5.74) is 1.36. The molecule has 0 radical (unpaired) electrons. The third-order valence-electron chi connectivity index (χ3n) is 4.85. The van der Waals surface area contributed by atoms with Crippen LogP contribution in [0.2, 0.25) is 5.02 Å². The molecule has 0 saturated heterocycles. The van der Waals surface area contributed by atoms with Gasteiger partial charge in [-0.2, -0.15) is 0 Å². The fourth-order valence-corrected chi connectivity index (χ4v) is 4.24. The van der Waals surface area contributed by atoms with Gasteiger partial charge in [0.2, 0.25) is 11.7 Å². The molecule has 0 bridgehead atoms. The molecular formula is C23H20ClFN4O2S. The lowest BCUT2D eigenvalue weighted by Crippen LogP contribution is -2.28. The van der Waals surface area contributed by atoms with Gasteiger partial charge in [0, 0.05) is 24.2 Å². The second-order valence-corrected chi connectivity index (χ2v) is 8.44. The van der Waals surface area contributed by atoms with Gasteiger partial charge in [-0.25, -0.2) is 4.39 Å². The molecule has 2 aromatic carbocycles. The smallest absolute Gasteiger partial charge is 0.233 e. The number of carbonyl (C=O) groups excluding carboxylic acids is 1. The van der Waals surface area contributed by atoms with Crippen LogP contribution in [0.25, 0.3) is 11.6 Å². The first kappa shape index (κ1) is 22.1. The van der Waals surface area contributed by atoms with Crippen molar-refractivity contribution < 1.29 is 13.6 Å². The zero-order valence-electron chi connectivity index (χ0n) is 17.2. The lowest BCUT2D eigenvalue weighted by atomic mass is 10.2. The van der Waals surface area contributed by atoms with Crippen molar-refractivity contribution in [2.24, 2.45) is 0 Å². The highest BCUT2D eigenvalue weighted by molar-refractivity contribution is 7.99. The van der Waals surface area contributed by atoms with Gasteiger partial charge in [0.05, 0.1) is 18.6 Å². The Morgan fingerprint density at radius 3 is 2.66 bits per heavy atom. The molecule has 0 saturated carbocycles. The van der Waals surface area contributed by atoms with Gasteiger partial charge in [0.1, 0.15) is 5.82 Å². The monoisotopic (exact) mass is 470 g/mol. The van der Waals surface area contributed by atoms with Crippen molar-refractivity contribution in [1.29, 1.82) is 0 Å². The second-order valence-electron chi connectivity index (χ2n) is 7.09. The molecule has 0 aliphatic heterocycles. The van der Waals surface area contributed by atoms with E-state index in [0.29, 0.717) is 33.9 Å². The second kappa shape index (κ2) is 10.0. The molecule has 0 N–H and O–H groups in total. The van der Waals surface area contributed by atoms with E-state index in [1.165, 1.54) is 28.8 Å². The number of thioether (sulfide) groups is 1. The van der Waals surface area contributed by atoms with Crippen molar-refractivity contribution >= 4 is 29.3 Å². The molecule has 0 aliphatic carbocycles. The Morgan fingerprint density at radius 1 is 1.12 bits per heavy atom. The zero-order valence-corrected chi connectivity index (χ0v) is 18.8. The van der Waals surface area contributed by atoms with E-state index in [0.717, 1.165) is 5.56 Å². The Bertz CT molecular complexity index is 1180. The average Bonchev–Trinajstić information content (AvgIpc) is 3.45. The minimum Gasteiger partial charge on any atom is -0.461 e. The number of rotatable bonds is 8. The van der Waals surface area contributed by atoms with Crippen LogP contribution in [0.5, 0.6) is 0 Å². The molecule has 0 aliphatic rings. The number of aromatic nitrogens is 3. The molecule has 4 rings (SSSR count). The summed E-state index contributed by atoms with van der Waals surface area (Å²) in [5, 5.41) is 9.43.